The van der Waals surface area contributed by atoms with Gasteiger partial charge in [0, 0.05) is 36.2 Å². The van der Waals surface area contributed by atoms with E-state index in [0.717, 1.165) is 29.7 Å². The highest BCUT2D eigenvalue weighted by molar-refractivity contribution is 5.99. The van der Waals surface area contributed by atoms with Crippen molar-refractivity contribution in [3.05, 3.63) is 58.7 Å². The summed E-state index contributed by atoms with van der Waals surface area (Å²) < 4.78 is 11.3. The van der Waals surface area contributed by atoms with Crippen molar-refractivity contribution in [1.82, 2.24) is 15.7 Å². The number of phenols is 1. The number of nitrogens with zero attached hydrogens (tertiary/aromatic N) is 1. The molecular formula is C27H33N3O7. The van der Waals surface area contributed by atoms with Crippen LogP contribution < -0.4 is 15.5 Å². The zero-order valence-electron chi connectivity index (χ0n) is 21.6. The maximum Gasteiger partial charge on any atom is 0.407 e. The summed E-state index contributed by atoms with van der Waals surface area (Å²) in [5.74, 6) is -0.270. The SMILES string of the molecule is CONC(=O)c1ccc(C(=O)N2CCC3(CC2)COc2ccc(CNC(=O)OC(C)(C)C)cc23)cc1O. The van der Waals surface area contributed by atoms with Crippen molar-refractivity contribution in [2.45, 2.75) is 51.2 Å². The van der Waals surface area contributed by atoms with Crippen LogP contribution in [0.4, 0.5) is 4.79 Å². The predicted molar refractivity (Wildman–Crippen MR) is 134 cm³/mol. The van der Waals surface area contributed by atoms with Crippen molar-refractivity contribution < 1.29 is 33.8 Å². The van der Waals surface area contributed by atoms with Gasteiger partial charge in [-0.05, 0) is 69.5 Å². The molecule has 198 valence electrons. The van der Waals surface area contributed by atoms with Crippen LogP contribution in [-0.4, -0.2) is 60.3 Å². The van der Waals surface area contributed by atoms with E-state index in [2.05, 4.69) is 21.7 Å². The number of hydrogen-bond acceptors (Lipinski definition) is 7. The highest BCUT2D eigenvalue weighted by Gasteiger charge is 2.44. The Morgan fingerprint density at radius 3 is 2.49 bits per heavy atom. The van der Waals surface area contributed by atoms with Gasteiger partial charge >= 0.3 is 6.09 Å². The average Bonchev–Trinajstić information content (AvgIpc) is 3.19. The van der Waals surface area contributed by atoms with Gasteiger partial charge in [0.2, 0.25) is 0 Å². The molecule has 1 fully saturated rings. The van der Waals surface area contributed by atoms with Gasteiger partial charge < -0.3 is 24.8 Å². The molecule has 2 aliphatic heterocycles. The minimum atomic E-state index is -0.598. The number of likely N-dealkylation sites (tertiary alicyclic amines) is 1. The van der Waals surface area contributed by atoms with Gasteiger partial charge in [-0.25, -0.2) is 10.3 Å². The fraction of sp³-hybridized carbons (Fsp3) is 0.444. The lowest BCUT2D eigenvalue weighted by Gasteiger charge is -2.38. The van der Waals surface area contributed by atoms with Crippen LogP contribution in [-0.2, 0) is 21.5 Å². The Labute approximate surface area is 215 Å². The molecule has 2 aromatic rings. The number of piperidine rings is 1. The summed E-state index contributed by atoms with van der Waals surface area (Å²) in [6, 6.07) is 10.1. The minimum Gasteiger partial charge on any atom is -0.507 e. The van der Waals surface area contributed by atoms with E-state index in [-0.39, 0.29) is 22.6 Å². The molecule has 0 aliphatic carbocycles. The molecule has 10 heteroatoms. The summed E-state index contributed by atoms with van der Waals surface area (Å²) in [6.07, 6.45) is 0.966. The second-order valence-electron chi connectivity index (χ2n) is 10.4. The number of aromatic hydroxyl groups is 1. The topological polar surface area (TPSA) is 126 Å². The molecule has 0 radical (unpaired) electrons. The summed E-state index contributed by atoms with van der Waals surface area (Å²) in [7, 11) is 1.30. The molecule has 0 bridgehead atoms. The third-order valence-electron chi connectivity index (χ3n) is 6.65. The zero-order valence-corrected chi connectivity index (χ0v) is 21.6. The molecule has 2 aliphatic rings. The number of amides is 3. The maximum atomic E-state index is 13.1. The average molecular weight is 512 g/mol. The molecule has 10 nitrogen and oxygen atoms in total. The molecule has 0 aromatic heterocycles. The number of fused-ring (bicyclic) bond motifs is 2. The second-order valence-corrected chi connectivity index (χ2v) is 10.4. The molecule has 1 spiro atoms. The molecule has 0 atom stereocenters. The number of rotatable bonds is 5. The molecule has 0 saturated carbocycles. The minimum absolute atomic E-state index is 0.0210. The van der Waals surface area contributed by atoms with Crippen LogP contribution in [0.2, 0.25) is 0 Å². The third-order valence-corrected chi connectivity index (χ3v) is 6.65. The largest absolute Gasteiger partial charge is 0.507 e. The number of benzene rings is 2. The van der Waals surface area contributed by atoms with Crippen molar-refractivity contribution in [3.63, 3.8) is 0 Å². The molecule has 2 heterocycles. The fourth-order valence-corrected chi connectivity index (χ4v) is 4.75. The number of carbonyl (C=O) groups is 3. The molecule has 3 N–H and O–H groups in total. The van der Waals surface area contributed by atoms with E-state index < -0.39 is 17.6 Å². The van der Waals surface area contributed by atoms with Gasteiger partial charge in [-0.2, -0.15) is 0 Å². The fourth-order valence-electron chi connectivity index (χ4n) is 4.75. The smallest absolute Gasteiger partial charge is 0.407 e. The number of hydrogen-bond donors (Lipinski definition) is 3. The lowest BCUT2D eigenvalue weighted by molar-refractivity contribution is 0.0520. The molecule has 4 rings (SSSR count). The first-order valence-corrected chi connectivity index (χ1v) is 12.2. The molecule has 1 saturated heterocycles. The lowest BCUT2D eigenvalue weighted by Crippen LogP contribution is -2.46. The number of alkyl carbamates (subject to hydrolysis) is 1. The monoisotopic (exact) mass is 511 g/mol. The second kappa shape index (κ2) is 10.3. The summed E-state index contributed by atoms with van der Waals surface area (Å²) in [4.78, 5) is 43.4. The van der Waals surface area contributed by atoms with Crippen molar-refractivity contribution in [1.29, 1.82) is 0 Å². The highest BCUT2D eigenvalue weighted by Crippen LogP contribution is 2.46. The standard InChI is InChI=1S/C27H33N3O7/c1-26(2,3)37-25(34)28-15-17-5-8-22-20(13-17)27(16-36-22)9-11-30(12-10-27)24(33)18-6-7-19(21(31)14-18)23(32)29-35-4/h5-8,13-14,31H,9-12,15-16H2,1-4H3,(H,28,34)(H,29,32). The first-order chi connectivity index (χ1) is 17.5. The van der Waals surface area contributed by atoms with Gasteiger partial charge in [0.25, 0.3) is 11.8 Å². The van der Waals surface area contributed by atoms with Crippen LogP contribution in [0.15, 0.2) is 36.4 Å². The molecule has 2 aromatic carbocycles. The first kappa shape index (κ1) is 26.3. The van der Waals surface area contributed by atoms with E-state index in [0.29, 0.717) is 31.8 Å². The summed E-state index contributed by atoms with van der Waals surface area (Å²) in [5, 5.41) is 13.0. The Morgan fingerprint density at radius 2 is 1.84 bits per heavy atom. The number of ether oxygens (including phenoxy) is 2. The maximum absolute atomic E-state index is 13.1. The zero-order chi connectivity index (χ0) is 26.8. The number of nitrogens with one attached hydrogen (secondary N) is 2. The highest BCUT2D eigenvalue weighted by atomic mass is 16.6. The number of carbonyl (C=O) groups excluding carboxylic acids is 3. The van der Waals surface area contributed by atoms with Crippen molar-refractivity contribution in [2.75, 3.05) is 26.8 Å². The van der Waals surface area contributed by atoms with E-state index in [4.69, 9.17) is 9.47 Å². The van der Waals surface area contributed by atoms with Crippen LogP contribution >= 0.6 is 0 Å². The van der Waals surface area contributed by atoms with Crippen LogP contribution in [0.3, 0.4) is 0 Å². The summed E-state index contributed by atoms with van der Waals surface area (Å²) >= 11 is 0. The van der Waals surface area contributed by atoms with Crippen LogP contribution in [0, 0.1) is 0 Å². The number of hydroxylamine groups is 1. The third kappa shape index (κ3) is 5.80. The molecule has 3 amide bonds. The van der Waals surface area contributed by atoms with Crippen LogP contribution in [0.1, 0.15) is 65.5 Å². The van der Waals surface area contributed by atoms with E-state index in [1.165, 1.54) is 25.3 Å². The molecule has 0 unspecified atom stereocenters. The summed E-state index contributed by atoms with van der Waals surface area (Å²) in [6.45, 7) is 7.38. The van der Waals surface area contributed by atoms with Gasteiger partial charge in [0.05, 0.1) is 19.3 Å². The van der Waals surface area contributed by atoms with Gasteiger partial charge in [-0.3, -0.25) is 14.4 Å². The first-order valence-electron chi connectivity index (χ1n) is 12.2. The molecule has 37 heavy (non-hydrogen) atoms. The van der Waals surface area contributed by atoms with Crippen molar-refractivity contribution >= 4 is 17.9 Å². The molecular weight excluding hydrogens is 478 g/mol. The quantitative estimate of drug-likeness (QED) is 0.526. The number of phenolic OH excluding ortho intramolecular Hbond substituents is 1. The van der Waals surface area contributed by atoms with E-state index in [1.54, 1.807) is 4.90 Å². The normalized spacial score (nSPS) is 16.1. The Kier molecular flexibility index (Phi) is 7.31. The van der Waals surface area contributed by atoms with Crippen LogP contribution in [0.5, 0.6) is 11.5 Å². The van der Waals surface area contributed by atoms with Gasteiger partial charge in [0.1, 0.15) is 17.1 Å². The van der Waals surface area contributed by atoms with E-state index in [9.17, 15) is 19.5 Å². The van der Waals surface area contributed by atoms with E-state index >= 15 is 0 Å². The Bertz CT molecular complexity index is 1200. The van der Waals surface area contributed by atoms with Crippen molar-refractivity contribution in [2.24, 2.45) is 0 Å². The van der Waals surface area contributed by atoms with E-state index in [1.807, 2.05) is 32.9 Å². The Hall–Kier alpha value is -3.79. The van der Waals surface area contributed by atoms with Gasteiger partial charge in [0.15, 0.2) is 0 Å². The van der Waals surface area contributed by atoms with Gasteiger partial charge in [-0.1, -0.05) is 6.07 Å². The van der Waals surface area contributed by atoms with Crippen molar-refractivity contribution in [3.8, 4) is 11.5 Å². The lowest BCUT2D eigenvalue weighted by atomic mass is 9.74. The van der Waals surface area contributed by atoms with Crippen LogP contribution in [0.25, 0.3) is 0 Å². The predicted octanol–water partition coefficient (Wildman–Crippen LogP) is 3.27. The van der Waals surface area contributed by atoms with Gasteiger partial charge in [-0.15, -0.1) is 0 Å². The summed E-state index contributed by atoms with van der Waals surface area (Å²) in [5.41, 5.74) is 3.73. The Morgan fingerprint density at radius 1 is 1.11 bits per heavy atom. The Balaban J connectivity index is 1.41.